The number of thiazole rings is 1. The molecule has 4 rings (SSSR count). The number of rotatable bonds is 7. The van der Waals surface area contributed by atoms with Crippen molar-refractivity contribution in [2.45, 2.75) is 11.5 Å². The minimum absolute atomic E-state index is 0.295. The van der Waals surface area contributed by atoms with E-state index in [1.807, 2.05) is 24.3 Å². The van der Waals surface area contributed by atoms with E-state index in [0.717, 1.165) is 27.8 Å². The summed E-state index contributed by atoms with van der Waals surface area (Å²) in [6, 6.07) is 13.9. The van der Waals surface area contributed by atoms with Crippen LogP contribution in [0.5, 0.6) is 5.75 Å². The number of methoxy groups -OCH3 is 1. The van der Waals surface area contributed by atoms with E-state index in [-0.39, 0.29) is 5.82 Å². The summed E-state index contributed by atoms with van der Waals surface area (Å²) in [6.45, 7) is 0. The third-order valence-electron chi connectivity index (χ3n) is 3.92. The van der Waals surface area contributed by atoms with E-state index in [2.05, 4.69) is 20.6 Å². The first-order valence-corrected chi connectivity index (χ1v) is 10.5. The van der Waals surface area contributed by atoms with Gasteiger partial charge in [0.1, 0.15) is 16.6 Å². The van der Waals surface area contributed by atoms with Crippen molar-refractivity contribution in [3.05, 3.63) is 71.3 Å². The molecule has 0 saturated heterocycles. The maximum absolute atomic E-state index is 13.0. The molecule has 0 N–H and O–H groups in total. The van der Waals surface area contributed by atoms with Gasteiger partial charge in [0, 0.05) is 22.3 Å². The highest BCUT2D eigenvalue weighted by Gasteiger charge is 2.10. The molecule has 2 aromatic carbocycles. The monoisotopic (exact) mass is 413 g/mol. The fourth-order valence-corrected chi connectivity index (χ4v) is 4.19. The van der Waals surface area contributed by atoms with Gasteiger partial charge in [-0.1, -0.05) is 0 Å². The van der Waals surface area contributed by atoms with Gasteiger partial charge in [0.15, 0.2) is 0 Å². The summed E-state index contributed by atoms with van der Waals surface area (Å²) in [5.74, 6) is 2.80. The average Bonchev–Trinajstić information content (AvgIpc) is 3.39. The molecule has 0 spiro atoms. The molecule has 8 heteroatoms. The lowest BCUT2D eigenvalue weighted by Gasteiger charge is -2.00. The van der Waals surface area contributed by atoms with Gasteiger partial charge in [-0.2, -0.15) is 0 Å². The fraction of sp³-hybridized carbons (Fsp3) is 0.150. The molecule has 5 nitrogen and oxygen atoms in total. The van der Waals surface area contributed by atoms with Crippen LogP contribution in [0.2, 0.25) is 0 Å². The molecule has 0 atom stereocenters. The number of nitrogens with zero attached hydrogens (tertiary/aromatic N) is 3. The number of halogens is 1. The van der Waals surface area contributed by atoms with Crippen molar-refractivity contribution < 1.29 is 13.5 Å². The van der Waals surface area contributed by atoms with E-state index in [1.54, 1.807) is 42.3 Å². The third-order valence-corrected chi connectivity index (χ3v) is 5.81. The number of hydrogen-bond donors (Lipinski definition) is 0. The maximum atomic E-state index is 13.0. The molecule has 2 aromatic heterocycles. The molecule has 0 aliphatic rings. The first kappa shape index (κ1) is 18.6. The van der Waals surface area contributed by atoms with Crippen molar-refractivity contribution in [2.75, 3.05) is 7.11 Å². The summed E-state index contributed by atoms with van der Waals surface area (Å²) in [7, 11) is 1.65. The van der Waals surface area contributed by atoms with Gasteiger partial charge in [0.05, 0.1) is 18.6 Å². The Kier molecular flexibility index (Phi) is 5.68. The van der Waals surface area contributed by atoms with Gasteiger partial charge < -0.3 is 9.15 Å². The highest BCUT2D eigenvalue weighted by atomic mass is 32.2. The van der Waals surface area contributed by atoms with Crippen molar-refractivity contribution in [3.63, 3.8) is 0 Å². The van der Waals surface area contributed by atoms with Crippen molar-refractivity contribution in [3.8, 4) is 27.8 Å². The summed E-state index contributed by atoms with van der Waals surface area (Å²) >= 11 is 3.27. The van der Waals surface area contributed by atoms with Crippen LogP contribution >= 0.6 is 23.1 Å². The SMILES string of the molecule is COc1ccc(-c2nc(CSCc3nnc(-c4ccc(F)cc4)o3)cs2)cc1. The maximum Gasteiger partial charge on any atom is 0.247 e. The minimum Gasteiger partial charge on any atom is -0.497 e. The molecule has 2 heterocycles. The van der Waals surface area contributed by atoms with Crippen LogP contribution in [0.25, 0.3) is 22.0 Å². The van der Waals surface area contributed by atoms with Crippen LogP contribution < -0.4 is 4.74 Å². The van der Waals surface area contributed by atoms with Crippen LogP contribution in [0.1, 0.15) is 11.6 Å². The Hall–Kier alpha value is -2.71. The lowest BCUT2D eigenvalue weighted by Crippen LogP contribution is -1.85. The van der Waals surface area contributed by atoms with Crippen LogP contribution in [0.15, 0.2) is 58.3 Å². The van der Waals surface area contributed by atoms with Gasteiger partial charge in [0.25, 0.3) is 0 Å². The Balaban J connectivity index is 1.33. The van der Waals surface area contributed by atoms with Crippen LogP contribution in [0.3, 0.4) is 0 Å². The number of aromatic nitrogens is 3. The number of hydrogen-bond acceptors (Lipinski definition) is 7. The predicted molar refractivity (Wildman–Crippen MR) is 109 cm³/mol. The first-order valence-electron chi connectivity index (χ1n) is 8.46. The Labute approximate surface area is 169 Å². The zero-order chi connectivity index (χ0) is 19.3. The largest absolute Gasteiger partial charge is 0.497 e. The fourth-order valence-electron chi connectivity index (χ4n) is 2.50. The molecule has 0 amide bonds. The molecular formula is C20H16FN3O2S2. The normalized spacial score (nSPS) is 10.9. The molecule has 4 aromatic rings. The molecule has 0 bridgehead atoms. The quantitative estimate of drug-likeness (QED) is 0.402. The molecule has 0 radical (unpaired) electrons. The van der Waals surface area contributed by atoms with E-state index in [4.69, 9.17) is 9.15 Å². The highest BCUT2D eigenvalue weighted by molar-refractivity contribution is 7.97. The Morgan fingerprint density at radius 2 is 1.75 bits per heavy atom. The molecule has 0 fully saturated rings. The topological polar surface area (TPSA) is 61.0 Å². The standard InChI is InChI=1S/C20H16FN3O2S2/c1-25-17-8-4-14(5-9-17)20-22-16(11-28-20)10-27-12-18-23-24-19(26-18)13-2-6-15(21)7-3-13/h2-9,11H,10,12H2,1H3. The molecular weight excluding hydrogens is 397 g/mol. The van der Waals surface area contributed by atoms with E-state index in [0.29, 0.717) is 23.1 Å². The van der Waals surface area contributed by atoms with Crippen molar-refractivity contribution in [2.24, 2.45) is 0 Å². The average molecular weight is 413 g/mol. The summed E-state index contributed by atoms with van der Waals surface area (Å²) in [5.41, 5.74) is 2.79. The summed E-state index contributed by atoms with van der Waals surface area (Å²) in [6.07, 6.45) is 0. The van der Waals surface area contributed by atoms with Crippen molar-refractivity contribution in [1.82, 2.24) is 15.2 Å². The van der Waals surface area contributed by atoms with Crippen LogP contribution in [-0.2, 0) is 11.5 Å². The van der Waals surface area contributed by atoms with Crippen LogP contribution in [0.4, 0.5) is 4.39 Å². The molecule has 0 aliphatic heterocycles. The summed E-state index contributed by atoms with van der Waals surface area (Å²) in [4.78, 5) is 4.68. The number of benzene rings is 2. The Morgan fingerprint density at radius 1 is 1.00 bits per heavy atom. The molecule has 0 unspecified atom stereocenters. The van der Waals surface area contributed by atoms with Gasteiger partial charge in [-0.15, -0.1) is 33.3 Å². The zero-order valence-electron chi connectivity index (χ0n) is 15.0. The molecule has 0 aliphatic carbocycles. The highest BCUT2D eigenvalue weighted by Crippen LogP contribution is 2.28. The molecule has 142 valence electrons. The van der Waals surface area contributed by atoms with E-state index >= 15 is 0 Å². The van der Waals surface area contributed by atoms with Crippen LogP contribution in [-0.4, -0.2) is 22.3 Å². The van der Waals surface area contributed by atoms with Crippen molar-refractivity contribution >= 4 is 23.1 Å². The second-order valence-electron chi connectivity index (χ2n) is 5.87. The van der Waals surface area contributed by atoms with Gasteiger partial charge in [-0.25, -0.2) is 9.37 Å². The minimum atomic E-state index is -0.295. The van der Waals surface area contributed by atoms with E-state index < -0.39 is 0 Å². The zero-order valence-corrected chi connectivity index (χ0v) is 16.6. The molecule has 28 heavy (non-hydrogen) atoms. The van der Waals surface area contributed by atoms with E-state index in [1.165, 1.54) is 12.1 Å². The summed E-state index contributed by atoms with van der Waals surface area (Å²) < 4.78 is 23.8. The van der Waals surface area contributed by atoms with Gasteiger partial charge in [-0.05, 0) is 48.5 Å². The second kappa shape index (κ2) is 8.53. The summed E-state index contributed by atoms with van der Waals surface area (Å²) in [5, 5.41) is 11.1. The Morgan fingerprint density at radius 3 is 2.50 bits per heavy atom. The van der Waals surface area contributed by atoms with Gasteiger partial charge in [0.2, 0.25) is 11.8 Å². The Bertz CT molecular complexity index is 1050. The van der Waals surface area contributed by atoms with Crippen LogP contribution in [0, 0.1) is 5.82 Å². The lowest BCUT2D eigenvalue weighted by molar-refractivity contribution is 0.415. The third kappa shape index (κ3) is 4.40. The predicted octanol–water partition coefficient (Wildman–Crippen LogP) is 5.44. The number of thioether (sulfide) groups is 1. The van der Waals surface area contributed by atoms with E-state index in [9.17, 15) is 4.39 Å². The second-order valence-corrected chi connectivity index (χ2v) is 7.72. The van der Waals surface area contributed by atoms with Gasteiger partial charge in [-0.3, -0.25) is 0 Å². The van der Waals surface area contributed by atoms with Gasteiger partial charge >= 0.3 is 0 Å². The molecule has 0 saturated carbocycles. The number of ether oxygens (including phenoxy) is 1. The first-order chi connectivity index (χ1) is 13.7. The van der Waals surface area contributed by atoms with Crippen molar-refractivity contribution in [1.29, 1.82) is 0 Å². The lowest BCUT2D eigenvalue weighted by atomic mass is 10.2. The smallest absolute Gasteiger partial charge is 0.247 e.